The van der Waals surface area contributed by atoms with E-state index in [0.29, 0.717) is 12.8 Å². The molecule has 1 aliphatic carbocycles. The Morgan fingerprint density at radius 1 is 1.20 bits per heavy atom. The second kappa shape index (κ2) is 5.35. The van der Waals surface area contributed by atoms with Gasteiger partial charge in [-0.25, -0.2) is 4.79 Å². The lowest BCUT2D eigenvalue weighted by Crippen LogP contribution is -2.58. The van der Waals surface area contributed by atoms with Crippen LogP contribution in [0.5, 0.6) is 0 Å². The van der Waals surface area contributed by atoms with Crippen molar-refractivity contribution in [1.29, 1.82) is 0 Å². The second-order valence-electron chi connectivity index (χ2n) is 6.90. The Morgan fingerprint density at radius 3 is 2.20 bits per heavy atom. The van der Waals surface area contributed by atoms with Crippen LogP contribution in [-0.2, 0) is 19.1 Å². The van der Waals surface area contributed by atoms with E-state index in [4.69, 9.17) is 9.47 Å². The zero-order valence-corrected chi connectivity index (χ0v) is 12.8. The molecule has 20 heavy (non-hydrogen) atoms. The first-order valence-electron chi connectivity index (χ1n) is 7.44. The number of epoxide rings is 1. The number of ether oxygens (including phenoxy) is 2. The third kappa shape index (κ3) is 3.51. The minimum Gasteiger partial charge on any atom is -0.458 e. The van der Waals surface area contributed by atoms with E-state index >= 15 is 0 Å². The first-order valence-corrected chi connectivity index (χ1v) is 7.44. The van der Waals surface area contributed by atoms with Crippen LogP contribution in [0.15, 0.2) is 0 Å². The van der Waals surface area contributed by atoms with Crippen LogP contribution >= 0.6 is 0 Å². The Balaban J connectivity index is 2.08. The molecule has 1 heterocycles. The fourth-order valence-corrected chi connectivity index (χ4v) is 2.68. The minimum absolute atomic E-state index is 0.0470. The summed E-state index contributed by atoms with van der Waals surface area (Å²) in [5.41, 5.74) is -1.41. The molecule has 5 heteroatoms. The van der Waals surface area contributed by atoms with Crippen LogP contribution < -0.4 is 5.32 Å². The van der Waals surface area contributed by atoms with Crippen LogP contribution in [0.2, 0.25) is 0 Å². The Morgan fingerprint density at radius 2 is 1.75 bits per heavy atom. The molecule has 0 aromatic heterocycles. The molecular weight excluding hydrogens is 258 g/mol. The molecule has 0 spiro atoms. The Bertz CT molecular complexity index is 393. The molecule has 0 bridgehead atoms. The highest BCUT2D eigenvalue weighted by molar-refractivity contribution is 5.91. The van der Waals surface area contributed by atoms with E-state index in [0.717, 1.165) is 19.3 Å². The van der Waals surface area contributed by atoms with Gasteiger partial charge in [0, 0.05) is 0 Å². The molecule has 2 aliphatic rings. The monoisotopic (exact) mass is 283 g/mol. The Kier molecular flexibility index (Phi) is 4.09. The van der Waals surface area contributed by atoms with Crippen molar-refractivity contribution < 1.29 is 19.1 Å². The maximum absolute atomic E-state index is 12.5. The summed E-state index contributed by atoms with van der Waals surface area (Å²) in [5.74, 6) is -0.503. The van der Waals surface area contributed by atoms with Gasteiger partial charge in [0.1, 0.15) is 11.1 Å². The molecule has 1 saturated carbocycles. The first-order chi connectivity index (χ1) is 9.23. The van der Waals surface area contributed by atoms with Gasteiger partial charge in [-0.05, 0) is 40.5 Å². The molecule has 0 aromatic carbocycles. The summed E-state index contributed by atoms with van der Waals surface area (Å²) in [4.78, 5) is 24.6. The van der Waals surface area contributed by atoms with Gasteiger partial charge >= 0.3 is 5.97 Å². The first kappa shape index (κ1) is 15.3. The van der Waals surface area contributed by atoms with Crippen LogP contribution in [0.3, 0.4) is 0 Å². The maximum Gasteiger partial charge on any atom is 0.332 e. The smallest absolute Gasteiger partial charge is 0.332 e. The SMILES string of the molecule is C[C@@H]1O[C@H]1C(=O)NC1(C(=O)OC(C)(C)C)CCCCC1. The predicted molar refractivity (Wildman–Crippen MR) is 74.1 cm³/mol. The van der Waals surface area contributed by atoms with Crippen molar-refractivity contribution >= 4 is 11.9 Å². The summed E-state index contributed by atoms with van der Waals surface area (Å²) >= 11 is 0. The van der Waals surface area contributed by atoms with Gasteiger partial charge in [-0.3, -0.25) is 4.79 Å². The molecule has 0 radical (unpaired) electrons. The predicted octanol–water partition coefficient (Wildman–Crippen LogP) is 1.93. The van der Waals surface area contributed by atoms with Crippen LogP contribution in [0.4, 0.5) is 0 Å². The van der Waals surface area contributed by atoms with Gasteiger partial charge in [0.15, 0.2) is 6.10 Å². The lowest BCUT2D eigenvalue weighted by Gasteiger charge is -2.37. The average Bonchev–Trinajstić information content (AvgIpc) is 3.05. The molecule has 1 aliphatic heterocycles. The fraction of sp³-hybridized carbons (Fsp3) is 0.867. The highest BCUT2D eigenvalue weighted by atomic mass is 16.6. The van der Waals surface area contributed by atoms with Crippen molar-refractivity contribution in [2.24, 2.45) is 0 Å². The van der Waals surface area contributed by atoms with E-state index < -0.39 is 17.2 Å². The summed E-state index contributed by atoms with van der Waals surface area (Å²) in [6, 6.07) is 0. The standard InChI is InChI=1S/C15H25NO4/c1-10-11(19-10)12(17)16-15(8-6-5-7-9-15)13(18)20-14(2,3)4/h10-11H,5-9H2,1-4H3,(H,16,17)/t10-,11+/m0/s1. The molecule has 5 nitrogen and oxygen atoms in total. The number of nitrogens with one attached hydrogen (secondary N) is 1. The zero-order valence-electron chi connectivity index (χ0n) is 12.8. The second-order valence-corrected chi connectivity index (χ2v) is 6.90. The van der Waals surface area contributed by atoms with Gasteiger partial charge in [-0.15, -0.1) is 0 Å². The van der Waals surface area contributed by atoms with E-state index in [1.165, 1.54) is 0 Å². The summed E-state index contributed by atoms with van der Waals surface area (Å²) in [6.45, 7) is 7.38. The van der Waals surface area contributed by atoms with E-state index in [2.05, 4.69) is 5.32 Å². The third-order valence-corrected chi connectivity index (χ3v) is 3.83. The lowest BCUT2D eigenvalue weighted by atomic mass is 9.81. The molecule has 1 N–H and O–H groups in total. The van der Waals surface area contributed by atoms with Crippen molar-refractivity contribution in [3.8, 4) is 0 Å². The number of hydrogen-bond acceptors (Lipinski definition) is 4. The molecule has 0 unspecified atom stereocenters. The Labute approximate surface area is 120 Å². The van der Waals surface area contributed by atoms with Crippen LogP contribution in [0.25, 0.3) is 0 Å². The van der Waals surface area contributed by atoms with E-state index in [9.17, 15) is 9.59 Å². The summed E-state index contributed by atoms with van der Waals surface area (Å²) in [7, 11) is 0. The summed E-state index contributed by atoms with van der Waals surface area (Å²) < 4.78 is 10.7. The van der Waals surface area contributed by atoms with Crippen molar-refractivity contribution in [1.82, 2.24) is 5.32 Å². The van der Waals surface area contributed by atoms with E-state index in [-0.39, 0.29) is 18.0 Å². The largest absolute Gasteiger partial charge is 0.458 e. The topological polar surface area (TPSA) is 67.9 Å². The Hall–Kier alpha value is -1.10. The van der Waals surface area contributed by atoms with Gasteiger partial charge in [-0.1, -0.05) is 19.3 Å². The quantitative estimate of drug-likeness (QED) is 0.635. The molecule has 2 fully saturated rings. The van der Waals surface area contributed by atoms with E-state index in [1.807, 2.05) is 27.7 Å². The number of carbonyl (C=O) groups excluding carboxylic acids is 2. The highest BCUT2D eigenvalue weighted by Crippen LogP contribution is 2.32. The molecule has 114 valence electrons. The van der Waals surface area contributed by atoms with Gasteiger partial charge in [-0.2, -0.15) is 0 Å². The molecule has 2 rings (SSSR count). The lowest BCUT2D eigenvalue weighted by molar-refractivity contribution is -0.166. The maximum atomic E-state index is 12.5. The minimum atomic E-state index is -0.867. The summed E-state index contributed by atoms with van der Waals surface area (Å²) in [5, 5.41) is 2.91. The van der Waals surface area contributed by atoms with Crippen molar-refractivity contribution in [2.45, 2.75) is 83.1 Å². The number of hydrogen-bond donors (Lipinski definition) is 1. The number of carbonyl (C=O) groups is 2. The van der Waals surface area contributed by atoms with Crippen molar-refractivity contribution in [3.05, 3.63) is 0 Å². The van der Waals surface area contributed by atoms with Crippen molar-refractivity contribution in [2.75, 3.05) is 0 Å². The normalized spacial score (nSPS) is 28.6. The van der Waals surface area contributed by atoms with Crippen LogP contribution in [0, 0.1) is 0 Å². The molecule has 2 atom stereocenters. The fourth-order valence-electron chi connectivity index (χ4n) is 2.68. The van der Waals surface area contributed by atoms with Gasteiger partial charge < -0.3 is 14.8 Å². The molecule has 1 amide bonds. The van der Waals surface area contributed by atoms with E-state index in [1.54, 1.807) is 0 Å². The number of amides is 1. The van der Waals surface area contributed by atoms with Gasteiger partial charge in [0.2, 0.25) is 0 Å². The van der Waals surface area contributed by atoms with Crippen LogP contribution in [-0.4, -0.2) is 35.2 Å². The third-order valence-electron chi connectivity index (χ3n) is 3.83. The van der Waals surface area contributed by atoms with Crippen molar-refractivity contribution in [3.63, 3.8) is 0 Å². The van der Waals surface area contributed by atoms with Gasteiger partial charge in [0.05, 0.1) is 6.10 Å². The summed E-state index contributed by atoms with van der Waals surface area (Å²) in [6.07, 6.45) is 3.80. The number of rotatable bonds is 3. The zero-order chi connectivity index (χ0) is 15.0. The molecule has 1 saturated heterocycles. The number of esters is 1. The van der Waals surface area contributed by atoms with Crippen LogP contribution in [0.1, 0.15) is 59.8 Å². The highest BCUT2D eigenvalue weighted by Gasteiger charge is 2.49. The molecule has 0 aromatic rings. The molecular formula is C15H25NO4. The van der Waals surface area contributed by atoms with Gasteiger partial charge in [0.25, 0.3) is 5.91 Å². The average molecular weight is 283 g/mol.